The van der Waals surface area contributed by atoms with Crippen LogP contribution in [0.2, 0.25) is 0 Å². The van der Waals surface area contributed by atoms with Crippen molar-refractivity contribution in [3.8, 4) is 0 Å². The molecule has 0 bridgehead atoms. The summed E-state index contributed by atoms with van der Waals surface area (Å²) in [6.45, 7) is 14.2. The molecular formula is C17H25NO2S. The summed E-state index contributed by atoms with van der Waals surface area (Å²) in [5.74, 6) is -0.281. The van der Waals surface area contributed by atoms with Crippen LogP contribution in [0.25, 0.3) is 0 Å². The maximum absolute atomic E-state index is 11.8. The molecule has 1 aliphatic rings. The molecule has 0 atom stereocenters. The Labute approximate surface area is 131 Å². The second-order valence-corrected chi connectivity index (χ2v) is 8.05. The summed E-state index contributed by atoms with van der Waals surface area (Å²) in [6.07, 6.45) is 1.59. The van der Waals surface area contributed by atoms with Gasteiger partial charge in [0.05, 0.1) is 5.00 Å². The molecule has 0 aliphatic carbocycles. The van der Waals surface area contributed by atoms with Gasteiger partial charge in [0, 0.05) is 29.5 Å². The van der Waals surface area contributed by atoms with Crippen molar-refractivity contribution in [1.29, 1.82) is 0 Å². The highest BCUT2D eigenvalue weighted by Gasteiger charge is 2.47. The summed E-state index contributed by atoms with van der Waals surface area (Å²) in [4.78, 5) is 14.3. The summed E-state index contributed by atoms with van der Waals surface area (Å²) >= 11 is 1.76. The molecule has 3 nitrogen and oxygen atoms in total. The van der Waals surface area contributed by atoms with E-state index in [1.807, 2.05) is 0 Å². The third-order valence-corrected chi connectivity index (χ3v) is 4.87. The topological polar surface area (TPSA) is 29.5 Å². The highest BCUT2D eigenvalue weighted by atomic mass is 32.1. The van der Waals surface area contributed by atoms with Crippen LogP contribution in [0.1, 0.15) is 47.5 Å². The first-order valence-corrected chi connectivity index (χ1v) is 8.22. The lowest BCUT2D eigenvalue weighted by Gasteiger charge is -2.55. The highest BCUT2D eigenvalue weighted by molar-refractivity contribution is 7.14. The molecule has 0 saturated carbocycles. The number of rotatable bonds is 3. The quantitative estimate of drug-likeness (QED) is 0.612. The summed E-state index contributed by atoms with van der Waals surface area (Å²) in [5, 5.41) is 3.38. The third kappa shape index (κ3) is 3.31. The zero-order valence-electron chi connectivity index (χ0n) is 13.6. The second-order valence-electron chi connectivity index (χ2n) is 7.13. The van der Waals surface area contributed by atoms with Gasteiger partial charge in [0.25, 0.3) is 0 Å². The van der Waals surface area contributed by atoms with Gasteiger partial charge >= 0.3 is 5.97 Å². The molecule has 0 spiro atoms. The molecule has 4 heteroatoms. The molecule has 1 fully saturated rings. The van der Waals surface area contributed by atoms with E-state index >= 15 is 0 Å². The maximum atomic E-state index is 11.8. The average molecular weight is 307 g/mol. The molecule has 1 saturated heterocycles. The molecule has 2 heterocycles. The summed E-state index contributed by atoms with van der Waals surface area (Å²) in [7, 11) is 0. The van der Waals surface area contributed by atoms with Crippen molar-refractivity contribution in [3.63, 3.8) is 0 Å². The van der Waals surface area contributed by atoms with Gasteiger partial charge in [0.2, 0.25) is 0 Å². The summed E-state index contributed by atoms with van der Waals surface area (Å²) < 4.78 is 5.63. The molecule has 0 aromatic carbocycles. The summed E-state index contributed by atoms with van der Waals surface area (Å²) in [5.41, 5.74) is 0.338. The molecule has 21 heavy (non-hydrogen) atoms. The highest BCUT2D eigenvalue weighted by Crippen LogP contribution is 2.44. The maximum Gasteiger partial charge on any atom is 0.333 e. The number of piperidine rings is 1. The van der Waals surface area contributed by atoms with E-state index in [2.05, 4.69) is 56.7 Å². The van der Waals surface area contributed by atoms with Crippen LogP contribution >= 0.6 is 11.3 Å². The number of thiophene rings is 1. The van der Waals surface area contributed by atoms with Crippen LogP contribution in [0.5, 0.6) is 0 Å². The van der Waals surface area contributed by atoms with Gasteiger partial charge in [-0.1, -0.05) is 6.58 Å². The third-order valence-electron chi connectivity index (χ3n) is 4.01. The Morgan fingerprint density at radius 1 is 1.33 bits per heavy atom. The molecule has 1 aromatic rings. The molecule has 0 amide bonds. The first kappa shape index (κ1) is 16.1. The van der Waals surface area contributed by atoms with E-state index in [0.29, 0.717) is 5.57 Å². The van der Waals surface area contributed by atoms with Gasteiger partial charge in [-0.2, -0.15) is 0 Å². The second kappa shape index (κ2) is 5.48. The van der Waals surface area contributed by atoms with Crippen molar-refractivity contribution < 1.29 is 9.53 Å². The smallest absolute Gasteiger partial charge is 0.333 e. The van der Waals surface area contributed by atoms with Gasteiger partial charge in [0.15, 0.2) is 0 Å². The number of carbonyl (C=O) groups is 1. The standard InChI is InChI=1S/C17H25NO2S/c1-12(2)15(19)20-13-10-16(3,4)18(17(5,6)11-13)14-8-7-9-21-14/h7-9,13H,1,10-11H2,2-6H3. The zero-order valence-corrected chi connectivity index (χ0v) is 14.4. The van der Waals surface area contributed by atoms with Crippen molar-refractivity contribution in [2.75, 3.05) is 4.90 Å². The van der Waals surface area contributed by atoms with Gasteiger partial charge in [-0.3, -0.25) is 0 Å². The fraction of sp³-hybridized carbons (Fsp3) is 0.588. The van der Waals surface area contributed by atoms with E-state index in [4.69, 9.17) is 4.74 Å². The van der Waals surface area contributed by atoms with Crippen LogP contribution < -0.4 is 4.90 Å². The number of hydrogen-bond donors (Lipinski definition) is 0. The Morgan fingerprint density at radius 3 is 2.33 bits per heavy atom. The van der Waals surface area contributed by atoms with Crippen molar-refractivity contribution in [3.05, 3.63) is 29.7 Å². The van der Waals surface area contributed by atoms with Crippen molar-refractivity contribution in [1.82, 2.24) is 0 Å². The largest absolute Gasteiger partial charge is 0.459 e. The van der Waals surface area contributed by atoms with Crippen LogP contribution in [-0.2, 0) is 9.53 Å². The van der Waals surface area contributed by atoms with E-state index < -0.39 is 0 Å². The van der Waals surface area contributed by atoms with Gasteiger partial charge in [-0.05, 0) is 52.1 Å². The van der Waals surface area contributed by atoms with Gasteiger partial charge < -0.3 is 9.64 Å². The lowest BCUT2D eigenvalue weighted by molar-refractivity contribution is -0.147. The molecule has 1 aromatic heterocycles. The number of carbonyl (C=O) groups excluding carboxylic acids is 1. The minimum absolute atomic E-state index is 0.0598. The first-order valence-electron chi connectivity index (χ1n) is 7.34. The molecular weight excluding hydrogens is 282 g/mol. The van der Waals surface area contributed by atoms with Crippen molar-refractivity contribution >= 4 is 22.3 Å². The number of nitrogens with zero attached hydrogens (tertiary/aromatic N) is 1. The van der Waals surface area contributed by atoms with Crippen LogP contribution in [0, 0.1) is 0 Å². The Morgan fingerprint density at radius 2 is 1.90 bits per heavy atom. The van der Waals surface area contributed by atoms with Gasteiger partial charge in [-0.15, -0.1) is 11.3 Å². The number of esters is 1. The van der Waals surface area contributed by atoms with Crippen LogP contribution in [0.15, 0.2) is 29.7 Å². The van der Waals surface area contributed by atoms with Crippen LogP contribution in [0.3, 0.4) is 0 Å². The minimum Gasteiger partial charge on any atom is -0.459 e. The van der Waals surface area contributed by atoms with Crippen LogP contribution in [0.4, 0.5) is 5.00 Å². The van der Waals surface area contributed by atoms with Crippen molar-refractivity contribution in [2.45, 2.75) is 64.6 Å². The van der Waals surface area contributed by atoms with E-state index in [-0.39, 0.29) is 23.2 Å². The van der Waals surface area contributed by atoms with Crippen molar-refractivity contribution in [2.24, 2.45) is 0 Å². The number of anilines is 1. The molecule has 2 rings (SSSR count). The Bertz CT molecular complexity index is 513. The lowest BCUT2D eigenvalue weighted by atomic mass is 9.78. The number of hydrogen-bond acceptors (Lipinski definition) is 4. The van der Waals surface area contributed by atoms with Gasteiger partial charge in [-0.25, -0.2) is 4.79 Å². The minimum atomic E-state index is -0.281. The zero-order chi connectivity index (χ0) is 15.8. The fourth-order valence-electron chi connectivity index (χ4n) is 3.52. The molecule has 0 radical (unpaired) electrons. The summed E-state index contributed by atoms with van der Waals surface area (Å²) in [6, 6.07) is 4.24. The van der Waals surface area contributed by atoms with E-state index in [9.17, 15) is 4.79 Å². The van der Waals surface area contributed by atoms with E-state index in [1.54, 1.807) is 18.3 Å². The molecule has 0 N–H and O–H groups in total. The SMILES string of the molecule is C=C(C)C(=O)OC1CC(C)(C)N(c2cccs2)C(C)(C)C1. The Kier molecular flexibility index (Phi) is 4.20. The van der Waals surface area contributed by atoms with Gasteiger partial charge in [0.1, 0.15) is 6.10 Å². The van der Waals surface area contributed by atoms with E-state index in [0.717, 1.165) is 12.8 Å². The monoisotopic (exact) mass is 307 g/mol. The lowest BCUT2D eigenvalue weighted by Crippen LogP contribution is -2.62. The Balaban J connectivity index is 2.23. The normalized spacial score (nSPS) is 21.1. The predicted molar refractivity (Wildman–Crippen MR) is 88.9 cm³/mol. The van der Waals surface area contributed by atoms with E-state index in [1.165, 1.54) is 5.00 Å². The molecule has 0 unspecified atom stereocenters. The first-order chi connectivity index (χ1) is 9.63. The van der Waals surface area contributed by atoms with Crippen LogP contribution in [-0.4, -0.2) is 23.2 Å². The Hall–Kier alpha value is -1.29. The fourth-order valence-corrected chi connectivity index (χ4v) is 4.57. The predicted octanol–water partition coefficient (Wildman–Crippen LogP) is 4.39. The average Bonchev–Trinajstić information content (AvgIpc) is 2.78. The number of ether oxygens (including phenoxy) is 1. The molecule has 116 valence electrons. The molecule has 1 aliphatic heterocycles.